The highest BCUT2D eigenvalue weighted by Gasteiger charge is 1.99. The van der Waals surface area contributed by atoms with Crippen LogP contribution in [-0.2, 0) is 6.54 Å². The Hall–Kier alpha value is -1.62. The Kier molecular flexibility index (Phi) is 4.72. The summed E-state index contributed by atoms with van der Waals surface area (Å²) in [7, 11) is 0. The average Bonchev–Trinajstić information content (AvgIpc) is 2.24. The van der Waals surface area contributed by atoms with Gasteiger partial charge in [0.15, 0.2) is 0 Å². The standard InChI is InChI=1S/C11H17N3O2/c1-3-6-12-7-9(2)8-14-11(16)5-4-10(15)13-14/h4-5,12H,2-3,6-8H2,1H3,(H,13,15). The summed E-state index contributed by atoms with van der Waals surface area (Å²) < 4.78 is 1.26. The van der Waals surface area contributed by atoms with E-state index in [4.69, 9.17) is 0 Å². The molecule has 0 spiro atoms. The van der Waals surface area contributed by atoms with Gasteiger partial charge in [-0.25, -0.2) is 4.68 Å². The molecule has 1 aromatic heterocycles. The Morgan fingerprint density at radius 2 is 2.25 bits per heavy atom. The summed E-state index contributed by atoms with van der Waals surface area (Å²) in [5, 5.41) is 5.64. The van der Waals surface area contributed by atoms with Gasteiger partial charge in [-0.3, -0.25) is 14.7 Å². The van der Waals surface area contributed by atoms with Crippen LogP contribution in [0, 0.1) is 0 Å². The number of hydrogen-bond acceptors (Lipinski definition) is 3. The molecule has 0 aliphatic rings. The predicted molar refractivity (Wildman–Crippen MR) is 63.6 cm³/mol. The van der Waals surface area contributed by atoms with E-state index in [-0.39, 0.29) is 11.1 Å². The number of H-pyrrole nitrogens is 1. The van der Waals surface area contributed by atoms with Gasteiger partial charge in [-0.15, -0.1) is 0 Å². The van der Waals surface area contributed by atoms with Crippen molar-refractivity contribution in [1.29, 1.82) is 0 Å². The molecule has 1 rings (SSSR count). The van der Waals surface area contributed by atoms with Crippen LogP contribution in [0.5, 0.6) is 0 Å². The summed E-state index contributed by atoms with van der Waals surface area (Å²) in [5.74, 6) is 0. The Balaban J connectivity index is 2.59. The monoisotopic (exact) mass is 223 g/mol. The number of nitrogens with zero attached hydrogens (tertiary/aromatic N) is 1. The van der Waals surface area contributed by atoms with Gasteiger partial charge >= 0.3 is 0 Å². The van der Waals surface area contributed by atoms with Crippen LogP contribution >= 0.6 is 0 Å². The molecule has 0 aliphatic carbocycles. The smallest absolute Gasteiger partial charge is 0.265 e. The van der Waals surface area contributed by atoms with Crippen LogP contribution in [0.3, 0.4) is 0 Å². The van der Waals surface area contributed by atoms with Crippen molar-refractivity contribution in [2.24, 2.45) is 0 Å². The van der Waals surface area contributed by atoms with E-state index >= 15 is 0 Å². The lowest BCUT2D eigenvalue weighted by atomic mass is 10.3. The van der Waals surface area contributed by atoms with E-state index in [0.717, 1.165) is 18.5 Å². The number of hydrogen-bond donors (Lipinski definition) is 2. The molecule has 1 aromatic rings. The van der Waals surface area contributed by atoms with Crippen molar-refractivity contribution in [1.82, 2.24) is 15.1 Å². The molecule has 16 heavy (non-hydrogen) atoms. The molecule has 0 atom stereocenters. The maximum Gasteiger partial charge on any atom is 0.265 e. The Labute approximate surface area is 93.8 Å². The molecule has 0 fully saturated rings. The first-order valence-corrected chi connectivity index (χ1v) is 5.31. The summed E-state index contributed by atoms with van der Waals surface area (Å²) in [4.78, 5) is 22.4. The average molecular weight is 223 g/mol. The fourth-order valence-electron chi connectivity index (χ4n) is 1.30. The van der Waals surface area contributed by atoms with Crippen molar-refractivity contribution in [2.45, 2.75) is 19.9 Å². The second kappa shape index (κ2) is 6.07. The van der Waals surface area contributed by atoms with E-state index < -0.39 is 0 Å². The minimum absolute atomic E-state index is 0.226. The molecule has 0 radical (unpaired) electrons. The Morgan fingerprint density at radius 1 is 1.50 bits per heavy atom. The minimum atomic E-state index is -0.283. The van der Waals surface area contributed by atoms with Crippen LogP contribution in [0.25, 0.3) is 0 Å². The molecule has 88 valence electrons. The number of aromatic nitrogens is 2. The SMILES string of the molecule is C=C(CNCCC)Cn1[nH]c(=O)ccc1=O. The maximum absolute atomic E-state index is 11.4. The second-order valence-electron chi connectivity index (χ2n) is 3.66. The van der Waals surface area contributed by atoms with Crippen molar-refractivity contribution in [3.05, 3.63) is 45.0 Å². The van der Waals surface area contributed by atoms with Crippen molar-refractivity contribution >= 4 is 0 Å². The van der Waals surface area contributed by atoms with Crippen LogP contribution in [0.15, 0.2) is 33.9 Å². The zero-order valence-corrected chi connectivity index (χ0v) is 9.45. The fourth-order valence-corrected chi connectivity index (χ4v) is 1.30. The normalized spacial score (nSPS) is 10.3. The first-order valence-electron chi connectivity index (χ1n) is 5.31. The van der Waals surface area contributed by atoms with Crippen molar-refractivity contribution in [3.8, 4) is 0 Å². The number of rotatable bonds is 6. The van der Waals surface area contributed by atoms with E-state index in [2.05, 4.69) is 23.9 Å². The van der Waals surface area contributed by atoms with Crippen LogP contribution in [0.2, 0.25) is 0 Å². The zero-order valence-electron chi connectivity index (χ0n) is 9.45. The molecule has 5 heteroatoms. The lowest BCUT2D eigenvalue weighted by Crippen LogP contribution is -2.30. The summed E-state index contributed by atoms with van der Waals surface area (Å²) in [6.07, 6.45) is 1.05. The van der Waals surface area contributed by atoms with Gasteiger partial charge in [0.05, 0.1) is 6.54 Å². The van der Waals surface area contributed by atoms with Crippen LogP contribution in [-0.4, -0.2) is 22.9 Å². The third-order valence-electron chi connectivity index (χ3n) is 2.07. The molecule has 0 saturated carbocycles. The van der Waals surface area contributed by atoms with Crippen molar-refractivity contribution in [2.75, 3.05) is 13.1 Å². The number of nitrogens with one attached hydrogen (secondary N) is 2. The van der Waals surface area contributed by atoms with E-state index in [1.54, 1.807) is 0 Å². The van der Waals surface area contributed by atoms with Gasteiger partial charge in [0.1, 0.15) is 0 Å². The van der Waals surface area contributed by atoms with E-state index in [9.17, 15) is 9.59 Å². The van der Waals surface area contributed by atoms with Gasteiger partial charge in [-0.2, -0.15) is 0 Å². The molecule has 2 N–H and O–H groups in total. The van der Waals surface area contributed by atoms with E-state index in [1.807, 2.05) is 0 Å². The summed E-state index contributed by atoms with van der Waals surface area (Å²) in [6, 6.07) is 2.47. The molecular formula is C11H17N3O2. The third kappa shape index (κ3) is 3.86. The summed E-state index contributed by atoms with van der Waals surface area (Å²) >= 11 is 0. The highest BCUT2D eigenvalue weighted by atomic mass is 16.1. The predicted octanol–water partition coefficient (Wildman–Crippen LogP) is 0.0924. The van der Waals surface area contributed by atoms with Crippen molar-refractivity contribution < 1.29 is 0 Å². The molecular weight excluding hydrogens is 206 g/mol. The van der Waals surface area contributed by atoms with Gasteiger partial charge in [-0.1, -0.05) is 13.5 Å². The second-order valence-corrected chi connectivity index (χ2v) is 3.66. The van der Waals surface area contributed by atoms with Crippen molar-refractivity contribution in [3.63, 3.8) is 0 Å². The molecule has 0 aromatic carbocycles. The number of aromatic amines is 1. The highest BCUT2D eigenvalue weighted by molar-refractivity contribution is 4.98. The van der Waals surface area contributed by atoms with Crippen LogP contribution < -0.4 is 16.4 Å². The van der Waals surface area contributed by atoms with Gasteiger partial charge in [0, 0.05) is 18.7 Å². The lowest BCUT2D eigenvalue weighted by molar-refractivity contribution is 0.596. The lowest BCUT2D eigenvalue weighted by Gasteiger charge is -2.08. The topological polar surface area (TPSA) is 66.9 Å². The Morgan fingerprint density at radius 3 is 2.94 bits per heavy atom. The molecule has 0 bridgehead atoms. The first-order chi connectivity index (χ1) is 7.63. The molecule has 0 unspecified atom stereocenters. The third-order valence-corrected chi connectivity index (χ3v) is 2.07. The van der Waals surface area contributed by atoms with E-state index in [0.29, 0.717) is 13.1 Å². The summed E-state index contributed by atoms with van der Waals surface area (Å²) in [5.41, 5.74) is 0.350. The maximum atomic E-state index is 11.4. The van der Waals surface area contributed by atoms with Gasteiger partial charge < -0.3 is 5.32 Å². The van der Waals surface area contributed by atoms with Gasteiger partial charge in [-0.05, 0) is 18.5 Å². The van der Waals surface area contributed by atoms with Gasteiger partial charge in [0.2, 0.25) is 0 Å². The molecule has 0 saturated heterocycles. The molecule has 0 amide bonds. The first kappa shape index (κ1) is 12.4. The molecule has 5 nitrogen and oxygen atoms in total. The quantitative estimate of drug-likeness (QED) is 0.530. The zero-order chi connectivity index (χ0) is 12.0. The largest absolute Gasteiger partial charge is 0.313 e. The minimum Gasteiger partial charge on any atom is -0.313 e. The fraction of sp³-hybridized carbons (Fsp3) is 0.455. The van der Waals surface area contributed by atoms with Crippen LogP contribution in [0.1, 0.15) is 13.3 Å². The highest BCUT2D eigenvalue weighted by Crippen LogP contribution is 1.90. The summed E-state index contributed by atoms with van der Waals surface area (Å²) in [6.45, 7) is 7.83. The van der Waals surface area contributed by atoms with E-state index in [1.165, 1.54) is 16.8 Å². The van der Waals surface area contributed by atoms with Crippen LogP contribution in [0.4, 0.5) is 0 Å². The molecule has 1 heterocycles. The van der Waals surface area contributed by atoms with Gasteiger partial charge in [0.25, 0.3) is 11.1 Å². The Bertz CT molecular complexity index is 459. The molecule has 0 aliphatic heterocycles.